The lowest BCUT2D eigenvalue weighted by molar-refractivity contribution is -0.676. The highest BCUT2D eigenvalue weighted by molar-refractivity contribution is 6.41. The van der Waals surface area contributed by atoms with Gasteiger partial charge in [0, 0.05) is 36.9 Å². The summed E-state index contributed by atoms with van der Waals surface area (Å²) in [6.07, 6.45) is 4.94. The van der Waals surface area contributed by atoms with Crippen LogP contribution in [0.5, 0.6) is 0 Å². The first-order valence-corrected chi connectivity index (χ1v) is 6.67. The fourth-order valence-electron chi connectivity index (χ4n) is 4.05. The van der Waals surface area contributed by atoms with Crippen molar-refractivity contribution in [2.45, 2.75) is 30.8 Å². The van der Waals surface area contributed by atoms with E-state index in [1.54, 1.807) is 10.9 Å². The molecule has 0 N–H and O–H groups in total. The summed E-state index contributed by atoms with van der Waals surface area (Å²) in [7, 11) is 0. The third-order valence-electron chi connectivity index (χ3n) is 4.90. The van der Waals surface area contributed by atoms with Crippen LogP contribution in [-0.2, 0) is 5.54 Å². The maximum Gasteiger partial charge on any atom is 0.179 e. The molecule has 0 radical (unpaired) electrons. The fourth-order valence-corrected chi connectivity index (χ4v) is 4.32. The largest absolute Gasteiger partial charge is 0.506 e. The molecule has 2 aliphatic carbocycles. The molecule has 0 amide bonds. The van der Waals surface area contributed by atoms with Gasteiger partial charge in [0.15, 0.2) is 5.54 Å². The first kappa shape index (κ1) is 10.3. The first-order chi connectivity index (χ1) is 8.12. The van der Waals surface area contributed by atoms with Crippen molar-refractivity contribution in [1.82, 2.24) is 4.98 Å². The van der Waals surface area contributed by atoms with Crippen LogP contribution in [0.15, 0.2) is 12.3 Å². The van der Waals surface area contributed by atoms with Crippen molar-refractivity contribution in [3.8, 4) is 0 Å². The molecule has 1 aliphatic heterocycles. The third kappa shape index (κ3) is 1.08. The number of aromatic nitrogens is 1. The van der Waals surface area contributed by atoms with Crippen molar-refractivity contribution in [1.29, 1.82) is 0 Å². The van der Waals surface area contributed by atoms with Gasteiger partial charge in [0.1, 0.15) is 11.2 Å². The fraction of sp³-hybridized carbons (Fsp3) is 0.583. The number of piperidine rings is 2. The Kier molecular flexibility index (Phi) is 1.82. The van der Waals surface area contributed by atoms with Gasteiger partial charge in [-0.2, -0.15) is 0 Å². The van der Waals surface area contributed by atoms with Gasteiger partial charge in [-0.15, -0.1) is 0 Å². The standard InChI is InChI=1S/C12H11Cl2N3/c13-9-2-7(5-16-11(9)14)12-3-6-1-10(17(12)15)8(6)4-12/h2,5-6,8,10H,1,3-4H2/t6-,8-,10?,12?/m0/s1. The van der Waals surface area contributed by atoms with Crippen LogP contribution in [0.3, 0.4) is 0 Å². The number of fused-ring (bicyclic) bond motifs is 1. The summed E-state index contributed by atoms with van der Waals surface area (Å²) in [5.41, 5.74) is 11.1. The molecule has 4 atom stereocenters. The lowest BCUT2D eigenvalue weighted by atomic mass is 9.70. The Morgan fingerprint density at radius 1 is 1.41 bits per heavy atom. The molecule has 3 nitrogen and oxygen atoms in total. The second kappa shape index (κ2) is 3.01. The van der Waals surface area contributed by atoms with Crippen LogP contribution >= 0.6 is 23.2 Å². The molecule has 1 aromatic rings. The number of halogens is 2. The van der Waals surface area contributed by atoms with Crippen molar-refractivity contribution < 1.29 is 4.70 Å². The van der Waals surface area contributed by atoms with Gasteiger partial charge in [0.05, 0.1) is 5.02 Å². The van der Waals surface area contributed by atoms with Crippen LogP contribution in [0.25, 0.3) is 5.53 Å². The summed E-state index contributed by atoms with van der Waals surface area (Å²) in [5.74, 6) is 1.44. The van der Waals surface area contributed by atoms with Gasteiger partial charge in [0.2, 0.25) is 0 Å². The summed E-state index contributed by atoms with van der Waals surface area (Å²) >= 11 is 11.9. The smallest absolute Gasteiger partial charge is 0.179 e. The summed E-state index contributed by atoms with van der Waals surface area (Å²) in [5, 5.41) is 0.796. The number of nitrogens with zero attached hydrogens (tertiary/aromatic N) is 3. The highest BCUT2D eigenvalue weighted by atomic mass is 35.5. The molecule has 0 aromatic carbocycles. The van der Waals surface area contributed by atoms with Gasteiger partial charge >= 0.3 is 0 Å². The van der Waals surface area contributed by atoms with Gasteiger partial charge in [-0.3, -0.25) is 0 Å². The van der Waals surface area contributed by atoms with Crippen LogP contribution in [0.2, 0.25) is 10.2 Å². The molecule has 88 valence electrons. The van der Waals surface area contributed by atoms with Crippen molar-refractivity contribution in [3.05, 3.63) is 33.5 Å². The van der Waals surface area contributed by atoms with E-state index in [1.165, 1.54) is 0 Å². The quantitative estimate of drug-likeness (QED) is 0.568. The molecule has 0 spiro atoms. The van der Waals surface area contributed by atoms with E-state index < -0.39 is 0 Å². The average Bonchev–Trinajstić information content (AvgIpc) is 2.69. The number of pyridine rings is 1. The maximum absolute atomic E-state index is 10.3. The highest BCUT2D eigenvalue weighted by Crippen LogP contribution is 2.65. The molecule has 1 aromatic heterocycles. The molecule has 2 saturated carbocycles. The lowest BCUT2D eigenvalue weighted by Gasteiger charge is -2.43. The summed E-state index contributed by atoms with van der Waals surface area (Å²) in [6, 6.07) is 2.20. The summed E-state index contributed by atoms with van der Waals surface area (Å²) < 4.78 is 1.55. The molecule has 2 unspecified atom stereocenters. The Labute approximate surface area is 109 Å². The van der Waals surface area contributed by atoms with E-state index in [0.29, 0.717) is 22.1 Å². The summed E-state index contributed by atoms with van der Waals surface area (Å²) in [4.78, 5) is 4.10. The lowest BCUT2D eigenvalue weighted by Crippen LogP contribution is -2.50. The minimum Gasteiger partial charge on any atom is -0.506 e. The minimum atomic E-state index is -0.251. The van der Waals surface area contributed by atoms with Crippen LogP contribution < -0.4 is 0 Å². The van der Waals surface area contributed by atoms with Gasteiger partial charge in [-0.25, -0.2) is 4.98 Å². The number of hydrogen-bond acceptors (Lipinski definition) is 1. The Morgan fingerprint density at radius 3 is 2.82 bits per heavy atom. The van der Waals surface area contributed by atoms with Gasteiger partial charge in [0.25, 0.3) is 0 Å². The zero-order valence-electron chi connectivity index (χ0n) is 9.11. The molecule has 5 heteroatoms. The molecular formula is C12H11Cl2N3. The molecule has 3 aliphatic rings. The van der Waals surface area contributed by atoms with Gasteiger partial charge in [-0.05, 0) is 12.0 Å². The molecule has 1 saturated heterocycles. The third-order valence-corrected chi connectivity index (χ3v) is 5.59. The van der Waals surface area contributed by atoms with E-state index in [1.807, 2.05) is 6.07 Å². The van der Waals surface area contributed by atoms with E-state index in [2.05, 4.69) is 4.98 Å². The zero-order valence-corrected chi connectivity index (χ0v) is 10.6. The number of hydrogen-bond donors (Lipinski definition) is 0. The van der Waals surface area contributed by atoms with E-state index >= 15 is 0 Å². The molecular weight excluding hydrogens is 257 g/mol. The maximum atomic E-state index is 10.3. The molecule has 3 fully saturated rings. The van der Waals surface area contributed by atoms with Gasteiger partial charge in [-0.1, -0.05) is 23.2 Å². The molecule has 2 heterocycles. The van der Waals surface area contributed by atoms with Crippen molar-refractivity contribution in [2.24, 2.45) is 11.8 Å². The van der Waals surface area contributed by atoms with E-state index in [4.69, 9.17) is 23.2 Å². The second-order valence-corrected chi connectivity index (χ2v) is 6.27. The Morgan fingerprint density at radius 2 is 2.24 bits per heavy atom. The van der Waals surface area contributed by atoms with Gasteiger partial charge < -0.3 is 10.2 Å². The van der Waals surface area contributed by atoms with Crippen LogP contribution in [0.1, 0.15) is 24.8 Å². The number of rotatable bonds is 1. The Bertz CT molecular complexity index is 541. The predicted octanol–water partition coefficient (Wildman–Crippen LogP) is 3.43. The highest BCUT2D eigenvalue weighted by Gasteiger charge is 2.70. The molecule has 17 heavy (non-hydrogen) atoms. The summed E-state index contributed by atoms with van der Waals surface area (Å²) in [6.45, 7) is 0. The minimum absolute atomic E-state index is 0.251. The van der Waals surface area contributed by atoms with Crippen LogP contribution in [0, 0.1) is 11.8 Å². The van der Waals surface area contributed by atoms with Crippen LogP contribution in [-0.4, -0.2) is 15.7 Å². The average molecular weight is 268 g/mol. The molecule has 2 bridgehead atoms. The monoisotopic (exact) mass is 267 g/mol. The topological polar surface area (TPSA) is 38.2 Å². The van der Waals surface area contributed by atoms with E-state index in [9.17, 15) is 5.53 Å². The first-order valence-electron chi connectivity index (χ1n) is 5.91. The van der Waals surface area contributed by atoms with Crippen molar-refractivity contribution in [2.75, 3.05) is 0 Å². The SMILES string of the molecule is [N-]=[N+]1C2C[C@H]3CC1(c1cnc(Cl)c(Cl)c1)C[C@H]23. The predicted molar refractivity (Wildman–Crippen MR) is 64.2 cm³/mol. The molecule has 4 rings (SSSR count). The zero-order chi connectivity index (χ0) is 11.8. The van der Waals surface area contributed by atoms with E-state index in [0.717, 1.165) is 30.7 Å². The van der Waals surface area contributed by atoms with Crippen LogP contribution in [0.4, 0.5) is 0 Å². The normalized spacial score (nSPS) is 41.8. The van der Waals surface area contributed by atoms with Crippen molar-refractivity contribution in [3.63, 3.8) is 0 Å². The Balaban J connectivity index is 1.84. The van der Waals surface area contributed by atoms with E-state index in [-0.39, 0.29) is 5.54 Å². The second-order valence-electron chi connectivity index (χ2n) is 5.51. The Hall–Kier alpha value is -0.670. The van der Waals surface area contributed by atoms with Crippen molar-refractivity contribution >= 4 is 23.2 Å².